The molecule has 2 aromatic rings. The van der Waals surface area contributed by atoms with Crippen molar-refractivity contribution < 1.29 is 9.13 Å². The fourth-order valence-electron chi connectivity index (χ4n) is 2.17. The lowest BCUT2D eigenvalue weighted by atomic mass is 10.00. The number of methoxy groups -OCH3 is 1. The van der Waals surface area contributed by atoms with Gasteiger partial charge in [0.15, 0.2) is 0 Å². The molecule has 0 aliphatic heterocycles. The Bertz CT molecular complexity index is 589. The zero-order chi connectivity index (χ0) is 15.2. The highest BCUT2D eigenvalue weighted by molar-refractivity contribution is 9.10. The van der Waals surface area contributed by atoms with E-state index in [2.05, 4.69) is 26.2 Å². The first-order chi connectivity index (χ1) is 10.1. The molecule has 21 heavy (non-hydrogen) atoms. The third kappa shape index (κ3) is 4.51. The quantitative estimate of drug-likeness (QED) is 0.865. The fraction of sp³-hybridized carbons (Fsp3) is 0.312. The molecule has 0 amide bonds. The monoisotopic (exact) mass is 352 g/mol. The van der Waals surface area contributed by atoms with E-state index in [9.17, 15) is 4.39 Å². The Balaban J connectivity index is 2.05. The second-order valence-electron chi connectivity index (χ2n) is 4.84. The molecular formula is C16H18BrFN2O. The zero-order valence-corrected chi connectivity index (χ0v) is 13.7. The smallest absolute Gasteiger partial charge is 0.212 e. The van der Waals surface area contributed by atoms with Gasteiger partial charge in [-0.2, -0.15) is 0 Å². The maximum Gasteiger partial charge on any atom is 0.212 e. The molecule has 0 bridgehead atoms. The Morgan fingerprint density at radius 3 is 2.67 bits per heavy atom. The third-order valence-corrected chi connectivity index (χ3v) is 3.87. The van der Waals surface area contributed by atoms with Crippen molar-refractivity contribution in [2.24, 2.45) is 0 Å². The van der Waals surface area contributed by atoms with Crippen LogP contribution in [0.2, 0.25) is 0 Å². The van der Waals surface area contributed by atoms with Gasteiger partial charge in [-0.25, -0.2) is 9.37 Å². The van der Waals surface area contributed by atoms with Crippen LogP contribution in [0.1, 0.15) is 11.1 Å². The molecule has 3 nitrogen and oxygen atoms in total. The maximum atomic E-state index is 13.9. The largest absolute Gasteiger partial charge is 0.481 e. The zero-order valence-electron chi connectivity index (χ0n) is 12.1. The Morgan fingerprint density at radius 2 is 2.10 bits per heavy atom. The second kappa shape index (κ2) is 7.52. The summed E-state index contributed by atoms with van der Waals surface area (Å²) in [5.41, 5.74) is 1.80. The molecule has 1 aromatic carbocycles. The van der Waals surface area contributed by atoms with Crippen molar-refractivity contribution in [3.8, 4) is 5.88 Å². The molecule has 112 valence electrons. The van der Waals surface area contributed by atoms with Crippen LogP contribution >= 0.6 is 15.9 Å². The summed E-state index contributed by atoms with van der Waals surface area (Å²) in [5, 5.41) is 3.23. The highest BCUT2D eigenvalue weighted by Crippen LogP contribution is 2.18. The number of pyridine rings is 1. The van der Waals surface area contributed by atoms with Gasteiger partial charge in [-0.1, -0.05) is 28.1 Å². The molecule has 0 aliphatic rings. The molecule has 1 N–H and O–H groups in total. The first-order valence-corrected chi connectivity index (χ1v) is 7.51. The first kappa shape index (κ1) is 15.9. The number of rotatable bonds is 6. The minimum Gasteiger partial charge on any atom is -0.481 e. The van der Waals surface area contributed by atoms with Gasteiger partial charge >= 0.3 is 0 Å². The highest BCUT2D eigenvalue weighted by atomic mass is 79.9. The molecule has 0 saturated carbocycles. The SMILES string of the molecule is CNC(Cc1ccc(OC)nc1)Cc1ccc(Br)cc1F. The summed E-state index contributed by atoms with van der Waals surface area (Å²) >= 11 is 3.27. The maximum absolute atomic E-state index is 13.9. The van der Waals surface area contributed by atoms with E-state index in [4.69, 9.17) is 4.74 Å². The number of halogens is 2. The van der Waals surface area contributed by atoms with Crippen molar-refractivity contribution in [3.05, 3.63) is 57.9 Å². The van der Waals surface area contributed by atoms with Crippen molar-refractivity contribution in [3.63, 3.8) is 0 Å². The van der Waals surface area contributed by atoms with Crippen molar-refractivity contribution in [2.75, 3.05) is 14.2 Å². The second-order valence-corrected chi connectivity index (χ2v) is 5.75. The van der Waals surface area contributed by atoms with E-state index in [1.54, 1.807) is 13.3 Å². The van der Waals surface area contributed by atoms with Crippen LogP contribution in [0.15, 0.2) is 41.0 Å². The lowest BCUT2D eigenvalue weighted by Gasteiger charge is -2.17. The molecule has 0 spiro atoms. The van der Waals surface area contributed by atoms with Gasteiger partial charge in [0.25, 0.3) is 0 Å². The van der Waals surface area contributed by atoms with E-state index in [0.29, 0.717) is 17.9 Å². The molecule has 0 aliphatic carbocycles. The van der Waals surface area contributed by atoms with E-state index in [0.717, 1.165) is 16.5 Å². The van der Waals surface area contributed by atoms with E-state index < -0.39 is 0 Å². The summed E-state index contributed by atoms with van der Waals surface area (Å²) in [6.45, 7) is 0. The number of hydrogen-bond acceptors (Lipinski definition) is 3. The number of nitrogens with one attached hydrogen (secondary N) is 1. The van der Waals surface area contributed by atoms with Gasteiger partial charge in [-0.15, -0.1) is 0 Å². The molecule has 0 saturated heterocycles. The van der Waals surface area contributed by atoms with Gasteiger partial charge in [0, 0.05) is 22.8 Å². The molecule has 0 radical (unpaired) electrons. The summed E-state index contributed by atoms with van der Waals surface area (Å²) in [5.74, 6) is 0.413. The Morgan fingerprint density at radius 1 is 1.29 bits per heavy atom. The van der Waals surface area contributed by atoms with Crippen molar-refractivity contribution in [1.82, 2.24) is 10.3 Å². The molecule has 1 atom stereocenters. The molecule has 1 unspecified atom stereocenters. The Hall–Kier alpha value is -1.46. The standard InChI is InChI=1S/C16H18BrFN2O/c1-19-14(7-11-3-6-16(21-2)20-10-11)8-12-4-5-13(17)9-15(12)18/h3-6,9-10,14,19H,7-8H2,1-2H3. The van der Waals surface area contributed by atoms with E-state index in [1.807, 2.05) is 31.3 Å². The topological polar surface area (TPSA) is 34.1 Å². The van der Waals surface area contributed by atoms with E-state index in [-0.39, 0.29) is 11.9 Å². The van der Waals surface area contributed by atoms with Crippen molar-refractivity contribution >= 4 is 15.9 Å². The average molecular weight is 353 g/mol. The number of ether oxygens (including phenoxy) is 1. The van der Waals surface area contributed by atoms with Crippen LogP contribution in [0, 0.1) is 5.82 Å². The van der Waals surface area contributed by atoms with Crippen LogP contribution in [0.5, 0.6) is 5.88 Å². The molecule has 1 aromatic heterocycles. The van der Waals surface area contributed by atoms with Crippen LogP contribution < -0.4 is 10.1 Å². The molecular weight excluding hydrogens is 335 g/mol. The van der Waals surface area contributed by atoms with Crippen LogP contribution in [0.3, 0.4) is 0 Å². The lowest BCUT2D eigenvalue weighted by Crippen LogP contribution is -2.30. The Kier molecular flexibility index (Phi) is 5.70. The molecule has 0 fully saturated rings. The summed E-state index contributed by atoms with van der Waals surface area (Å²) in [6, 6.07) is 9.14. The summed E-state index contributed by atoms with van der Waals surface area (Å²) in [7, 11) is 3.48. The van der Waals surface area contributed by atoms with Crippen LogP contribution in [-0.4, -0.2) is 25.2 Å². The van der Waals surface area contributed by atoms with Crippen LogP contribution in [-0.2, 0) is 12.8 Å². The van der Waals surface area contributed by atoms with Crippen LogP contribution in [0.4, 0.5) is 4.39 Å². The molecule has 2 rings (SSSR count). The minimum atomic E-state index is -0.183. The predicted octanol–water partition coefficient (Wildman–Crippen LogP) is 3.37. The highest BCUT2D eigenvalue weighted by Gasteiger charge is 2.12. The summed E-state index contributed by atoms with van der Waals surface area (Å²) in [6.07, 6.45) is 3.20. The summed E-state index contributed by atoms with van der Waals surface area (Å²) < 4.78 is 19.7. The minimum absolute atomic E-state index is 0.149. The number of benzene rings is 1. The van der Waals surface area contributed by atoms with Gasteiger partial charge in [0.05, 0.1) is 7.11 Å². The fourth-order valence-corrected chi connectivity index (χ4v) is 2.50. The normalized spacial score (nSPS) is 12.2. The third-order valence-electron chi connectivity index (χ3n) is 3.38. The van der Waals surface area contributed by atoms with Gasteiger partial charge < -0.3 is 10.1 Å². The predicted molar refractivity (Wildman–Crippen MR) is 85.1 cm³/mol. The number of aromatic nitrogens is 1. The first-order valence-electron chi connectivity index (χ1n) is 6.72. The lowest BCUT2D eigenvalue weighted by molar-refractivity contribution is 0.397. The van der Waals surface area contributed by atoms with Gasteiger partial charge in [-0.3, -0.25) is 0 Å². The van der Waals surface area contributed by atoms with E-state index >= 15 is 0 Å². The van der Waals surface area contributed by atoms with Crippen LogP contribution in [0.25, 0.3) is 0 Å². The number of nitrogens with zero attached hydrogens (tertiary/aromatic N) is 1. The van der Waals surface area contributed by atoms with Gasteiger partial charge in [0.2, 0.25) is 5.88 Å². The van der Waals surface area contributed by atoms with Gasteiger partial charge in [0.1, 0.15) is 5.82 Å². The van der Waals surface area contributed by atoms with E-state index in [1.165, 1.54) is 6.07 Å². The van der Waals surface area contributed by atoms with Gasteiger partial charge in [-0.05, 0) is 43.1 Å². The van der Waals surface area contributed by atoms with Crippen molar-refractivity contribution in [2.45, 2.75) is 18.9 Å². The number of likely N-dealkylation sites (N-methyl/N-ethyl adjacent to an activating group) is 1. The summed E-state index contributed by atoms with van der Waals surface area (Å²) in [4.78, 5) is 4.19. The molecule has 5 heteroatoms. The average Bonchev–Trinajstić information content (AvgIpc) is 2.49. The Labute approximate surface area is 132 Å². The van der Waals surface area contributed by atoms with Crippen molar-refractivity contribution in [1.29, 1.82) is 0 Å². The number of hydrogen-bond donors (Lipinski definition) is 1. The molecule has 1 heterocycles.